The van der Waals surface area contributed by atoms with E-state index >= 15 is 0 Å². The lowest BCUT2D eigenvalue weighted by molar-refractivity contribution is -0.121. The first-order valence-electron chi connectivity index (χ1n) is 7.28. The molecule has 0 bridgehead atoms. The predicted octanol–water partition coefficient (Wildman–Crippen LogP) is 1.81. The second-order valence-electron chi connectivity index (χ2n) is 5.03. The molecule has 0 saturated heterocycles. The summed E-state index contributed by atoms with van der Waals surface area (Å²) < 4.78 is 0. The van der Waals surface area contributed by atoms with Crippen LogP contribution in [0.15, 0.2) is 42.9 Å². The summed E-state index contributed by atoms with van der Waals surface area (Å²) in [4.78, 5) is 18.9. The van der Waals surface area contributed by atoms with Gasteiger partial charge in [-0.05, 0) is 12.5 Å². The number of carbonyl (C=O) groups is 1. The number of hydrogen-bond acceptors (Lipinski definition) is 3. The van der Waals surface area contributed by atoms with Gasteiger partial charge in [-0.2, -0.15) is 0 Å². The molecule has 0 aliphatic heterocycles. The lowest BCUT2D eigenvalue weighted by atomic mass is 10.1. The van der Waals surface area contributed by atoms with Gasteiger partial charge >= 0.3 is 0 Å². The Kier molecular flexibility index (Phi) is 5.97. The van der Waals surface area contributed by atoms with Crippen LogP contribution in [0.5, 0.6) is 0 Å². The molecule has 0 unspecified atom stereocenters. The van der Waals surface area contributed by atoms with E-state index in [9.17, 15) is 4.79 Å². The van der Waals surface area contributed by atoms with E-state index in [4.69, 9.17) is 0 Å². The van der Waals surface area contributed by atoms with Gasteiger partial charge in [-0.1, -0.05) is 30.3 Å². The standard InChI is InChI=1S/C16H22N4O/c1-13(14-5-3-2-4-6-14)20-16(21)8-10-17-9-7-15-11-18-12-19-15/h2-6,11-13,17H,7-10H2,1H3,(H,18,19)(H,20,21)/t13-/m1/s1. The summed E-state index contributed by atoms with van der Waals surface area (Å²) in [6, 6.07) is 10.0. The highest BCUT2D eigenvalue weighted by molar-refractivity contribution is 5.76. The Bertz CT molecular complexity index is 524. The van der Waals surface area contributed by atoms with Crippen LogP contribution in [0.1, 0.15) is 30.6 Å². The van der Waals surface area contributed by atoms with Crippen molar-refractivity contribution in [3.8, 4) is 0 Å². The Hall–Kier alpha value is -2.14. The summed E-state index contributed by atoms with van der Waals surface area (Å²) in [7, 11) is 0. The second kappa shape index (κ2) is 8.21. The van der Waals surface area contributed by atoms with E-state index in [2.05, 4.69) is 20.6 Å². The minimum atomic E-state index is 0.0451. The Balaban J connectivity index is 1.59. The smallest absolute Gasteiger partial charge is 0.221 e. The van der Waals surface area contributed by atoms with Gasteiger partial charge in [0, 0.05) is 37.8 Å². The molecule has 21 heavy (non-hydrogen) atoms. The van der Waals surface area contributed by atoms with Crippen molar-refractivity contribution in [2.45, 2.75) is 25.8 Å². The Labute approximate surface area is 125 Å². The van der Waals surface area contributed by atoms with Crippen molar-refractivity contribution in [3.05, 3.63) is 54.1 Å². The highest BCUT2D eigenvalue weighted by Gasteiger charge is 2.08. The van der Waals surface area contributed by atoms with Crippen LogP contribution in [0.2, 0.25) is 0 Å². The number of aromatic nitrogens is 2. The summed E-state index contributed by atoms with van der Waals surface area (Å²) in [5.41, 5.74) is 2.22. The number of carbonyl (C=O) groups excluding carboxylic acids is 1. The summed E-state index contributed by atoms with van der Waals surface area (Å²) >= 11 is 0. The molecule has 1 atom stereocenters. The number of amides is 1. The molecule has 5 nitrogen and oxygen atoms in total. The summed E-state index contributed by atoms with van der Waals surface area (Å²) in [5.74, 6) is 0.0698. The van der Waals surface area contributed by atoms with E-state index in [1.807, 2.05) is 43.5 Å². The Morgan fingerprint density at radius 1 is 1.29 bits per heavy atom. The molecule has 0 aliphatic rings. The van der Waals surface area contributed by atoms with Gasteiger partial charge in [-0.3, -0.25) is 4.79 Å². The lowest BCUT2D eigenvalue weighted by Crippen LogP contribution is -2.30. The van der Waals surface area contributed by atoms with Crippen LogP contribution >= 0.6 is 0 Å². The summed E-state index contributed by atoms with van der Waals surface area (Å²) in [6.07, 6.45) is 4.87. The third kappa shape index (κ3) is 5.39. The van der Waals surface area contributed by atoms with Crippen molar-refractivity contribution in [2.24, 2.45) is 0 Å². The average molecular weight is 286 g/mol. The molecule has 0 spiro atoms. The molecule has 0 aliphatic carbocycles. The third-order valence-corrected chi connectivity index (χ3v) is 3.33. The minimum absolute atomic E-state index is 0.0451. The van der Waals surface area contributed by atoms with Gasteiger partial charge in [-0.25, -0.2) is 4.98 Å². The van der Waals surface area contributed by atoms with E-state index in [0.717, 1.165) is 24.2 Å². The Morgan fingerprint density at radius 3 is 2.81 bits per heavy atom. The van der Waals surface area contributed by atoms with Crippen LogP contribution in [-0.4, -0.2) is 29.0 Å². The van der Waals surface area contributed by atoms with Gasteiger partial charge in [0.2, 0.25) is 5.91 Å². The van der Waals surface area contributed by atoms with Gasteiger partial charge in [0.25, 0.3) is 0 Å². The number of benzene rings is 1. The zero-order valence-electron chi connectivity index (χ0n) is 12.3. The first-order valence-corrected chi connectivity index (χ1v) is 7.28. The van der Waals surface area contributed by atoms with E-state index < -0.39 is 0 Å². The molecular formula is C16H22N4O. The largest absolute Gasteiger partial charge is 0.350 e. The van der Waals surface area contributed by atoms with Crippen molar-refractivity contribution >= 4 is 5.91 Å². The number of imidazole rings is 1. The monoisotopic (exact) mass is 286 g/mol. The molecule has 0 radical (unpaired) electrons. The lowest BCUT2D eigenvalue weighted by Gasteiger charge is -2.14. The van der Waals surface area contributed by atoms with E-state index in [-0.39, 0.29) is 11.9 Å². The Morgan fingerprint density at radius 2 is 2.10 bits per heavy atom. The normalized spacial score (nSPS) is 12.0. The van der Waals surface area contributed by atoms with Crippen LogP contribution in [0.4, 0.5) is 0 Å². The molecule has 2 aromatic rings. The van der Waals surface area contributed by atoms with Crippen LogP contribution < -0.4 is 10.6 Å². The maximum absolute atomic E-state index is 11.9. The molecule has 1 aromatic heterocycles. The molecule has 5 heteroatoms. The first kappa shape index (κ1) is 15.3. The van der Waals surface area contributed by atoms with Crippen molar-refractivity contribution in [1.29, 1.82) is 0 Å². The summed E-state index contributed by atoms with van der Waals surface area (Å²) in [5, 5.41) is 6.26. The van der Waals surface area contributed by atoms with Gasteiger partial charge in [0.15, 0.2) is 0 Å². The molecule has 1 aromatic carbocycles. The molecule has 112 valence electrons. The number of H-pyrrole nitrogens is 1. The number of aromatic amines is 1. The number of rotatable bonds is 8. The molecule has 0 saturated carbocycles. The van der Waals surface area contributed by atoms with Crippen LogP contribution in [0.25, 0.3) is 0 Å². The first-order chi connectivity index (χ1) is 10.3. The van der Waals surface area contributed by atoms with E-state index in [0.29, 0.717) is 13.0 Å². The van der Waals surface area contributed by atoms with Crippen LogP contribution in [0.3, 0.4) is 0 Å². The van der Waals surface area contributed by atoms with Gasteiger partial charge in [0.05, 0.1) is 12.4 Å². The molecule has 0 fully saturated rings. The number of nitrogens with one attached hydrogen (secondary N) is 3. The fourth-order valence-corrected chi connectivity index (χ4v) is 2.11. The maximum Gasteiger partial charge on any atom is 0.221 e. The highest BCUT2D eigenvalue weighted by atomic mass is 16.1. The molecule has 1 heterocycles. The molecular weight excluding hydrogens is 264 g/mol. The van der Waals surface area contributed by atoms with E-state index in [1.54, 1.807) is 6.33 Å². The predicted molar refractivity (Wildman–Crippen MR) is 82.8 cm³/mol. The van der Waals surface area contributed by atoms with Crippen molar-refractivity contribution in [3.63, 3.8) is 0 Å². The maximum atomic E-state index is 11.9. The number of nitrogens with zero attached hydrogens (tertiary/aromatic N) is 1. The van der Waals surface area contributed by atoms with Crippen molar-refractivity contribution in [1.82, 2.24) is 20.6 Å². The van der Waals surface area contributed by atoms with Gasteiger partial charge in [0.1, 0.15) is 0 Å². The van der Waals surface area contributed by atoms with Crippen LogP contribution in [-0.2, 0) is 11.2 Å². The molecule has 2 rings (SSSR count). The topological polar surface area (TPSA) is 69.8 Å². The fourth-order valence-electron chi connectivity index (χ4n) is 2.11. The minimum Gasteiger partial charge on any atom is -0.350 e. The van der Waals surface area contributed by atoms with Crippen molar-refractivity contribution in [2.75, 3.05) is 13.1 Å². The summed E-state index contributed by atoms with van der Waals surface area (Å²) in [6.45, 7) is 3.52. The average Bonchev–Trinajstić information content (AvgIpc) is 3.01. The SMILES string of the molecule is C[C@@H](NC(=O)CCNCCc1cnc[nH]1)c1ccccc1. The second-order valence-corrected chi connectivity index (χ2v) is 5.03. The number of hydrogen-bond donors (Lipinski definition) is 3. The van der Waals surface area contributed by atoms with Crippen LogP contribution in [0, 0.1) is 0 Å². The van der Waals surface area contributed by atoms with E-state index in [1.165, 1.54) is 0 Å². The highest BCUT2D eigenvalue weighted by Crippen LogP contribution is 2.10. The molecule has 3 N–H and O–H groups in total. The molecule has 1 amide bonds. The van der Waals surface area contributed by atoms with Gasteiger partial charge < -0.3 is 15.6 Å². The fraction of sp³-hybridized carbons (Fsp3) is 0.375. The third-order valence-electron chi connectivity index (χ3n) is 3.33. The zero-order chi connectivity index (χ0) is 14.9. The quantitative estimate of drug-likeness (QED) is 0.648. The van der Waals surface area contributed by atoms with Crippen molar-refractivity contribution < 1.29 is 4.79 Å². The van der Waals surface area contributed by atoms with Gasteiger partial charge in [-0.15, -0.1) is 0 Å². The zero-order valence-corrected chi connectivity index (χ0v) is 12.3.